The maximum absolute atomic E-state index is 4.42. The first-order valence-corrected chi connectivity index (χ1v) is 7.45. The van der Waals surface area contributed by atoms with Crippen LogP contribution in [0.2, 0.25) is 0 Å². The number of benzene rings is 1. The first-order chi connectivity index (χ1) is 9.34. The summed E-state index contributed by atoms with van der Waals surface area (Å²) in [6, 6.07) is 11.0. The molecule has 1 aliphatic rings. The second-order valence-corrected chi connectivity index (χ2v) is 5.71. The van der Waals surface area contributed by atoms with E-state index in [2.05, 4.69) is 41.5 Å². The lowest BCUT2D eigenvalue weighted by molar-refractivity contribution is 0.328. The molecular formula is C17H22N2. The highest BCUT2D eigenvalue weighted by Gasteiger charge is 2.20. The second kappa shape index (κ2) is 5.60. The molecule has 1 atom stereocenters. The van der Waals surface area contributed by atoms with Crippen LogP contribution in [0.4, 0.5) is 5.69 Å². The summed E-state index contributed by atoms with van der Waals surface area (Å²) in [4.78, 5) is 4.42. The van der Waals surface area contributed by atoms with Crippen LogP contribution in [0.25, 0.3) is 10.9 Å². The molecule has 0 saturated heterocycles. The molecule has 0 radical (unpaired) electrons. The third kappa shape index (κ3) is 2.73. The van der Waals surface area contributed by atoms with Gasteiger partial charge < -0.3 is 5.32 Å². The van der Waals surface area contributed by atoms with Gasteiger partial charge in [0.05, 0.1) is 5.52 Å². The van der Waals surface area contributed by atoms with Crippen molar-refractivity contribution in [3.05, 3.63) is 36.5 Å². The Morgan fingerprint density at radius 1 is 1.11 bits per heavy atom. The molecule has 2 heteroatoms. The molecule has 1 saturated carbocycles. The largest absolute Gasteiger partial charge is 0.382 e. The molecule has 0 aliphatic heterocycles. The Bertz CT molecular complexity index is 538. The maximum Gasteiger partial charge on any atom is 0.0722 e. The molecule has 1 heterocycles. The number of anilines is 1. The van der Waals surface area contributed by atoms with E-state index in [1.54, 1.807) is 0 Å². The van der Waals surface area contributed by atoms with Crippen molar-refractivity contribution in [2.75, 3.05) is 5.32 Å². The molecule has 0 amide bonds. The highest BCUT2D eigenvalue weighted by molar-refractivity contribution is 5.91. The van der Waals surface area contributed by atoms with Crippen LogP contribution in [0.1, 0.15) is 39.0 Å². The van der Waals surface area contributed by atoms with Gasteiger partial charge >= 0.3 is 0 Å². The predicted octanol–water partition coefficient (Wildman–Crippen LogP) is 4.62. The topological polar surface area (TPSA) is 24.9 Å². The van der Waals surface area contributed by atoms with E-state index in [9.17, 15) is 0 Å². The second-order valence-electron chi connectivity index (χ2n) is 5.71. The van der Waals surface area contributed by atoms with Gasteiger partial charge in [0.2, 0.25) is 0 Å². The third-order valence-electron chi connectivity index (χ3n) is 4.39. The van der Waals surface area contributed by atoms with Crippen molar-refractivity contribution in [1.29, 1.82) is 0 Å². The van der Waals surface area contributed by atoms with Gasteiger partial charge in [-0.05, 0) is 49.9 Å². The van der Waals surface area contributed by atoms with Crippen molar-refractivity contribution < 1.29 is 0 Å². The van der Waals surface area contributed by atoms with Crippen molar-refractivity contribution in [3.63, 3.8) is 0 Å². The average molecular weight is 254 g/mol. The summed E-state index contributed by atoms with van der Waals surface area (Å²) >= 11 is 0. The molecule has 100 valence electrons. The minimum atomic E-state index is 0.547. The van der Waals surface area contributed by atoms with Crippen molar-refractivity contribution in [3.8, 4) is 0 Å². The molecule has 3 rings (SSSR count). The van der Waals surface area contributed by atoms with E-state index in [1.807, 2.05) is 12.3 Å². The van der Waals surface area contributed by atoms with Crippen molar-refractivity contribution in [1.82, 2.24) is 4.98 Å². The van der Waals surface area contributed by atoms with Crippen LogP contribution < -0.4 is 5.32 Å². The lowest BCUT2D eigenvalue weighted by atomic mass is 9.84. The van der Waals surface area contributed by atoms with Gasteiger partial charge in [-0.3, -0.25) is 4.98 Å². The van der Waals surface area contributed by atoms with E-state index in [4.69, 9.17) is 0 Å². The Kier molecular flexibility index (Phi) is 3.67. The van der Waals surface area contributed by atoms with E-state index >= 15 is 0 Å². The van der Waals surface area contributed by atoms with E-state index in [0.29, 0.717) is 6.04 Å². The summed E-state index contributed by atoms with van der Waals surface area (Å²) in [5, 5.41) is 4.94. The van der Waals surface area contributed by atoms with Crippen molar-refractivity contribution in [2.24, 2.45) is 5.92 Å². The number of hydrogen-bond donors (Lipinski definition) is 1. The van der Waals surface area contributed by atoms with Gasteiger partial charge in [-0.25, -0.2) is 0 Å². The Morgan fingerprint density at radius 2 is 1.95 bits per heavy atom. The molecule has 0 bridgehead atoms. The Hall–Kier alpha value is -1.57. The molecule has 1 aliphatic carbocycles. The molecule has 1 fully saturated rings. The number of nitrogens with one attached hydrogen (secondary N) is 1. The van der Waals surface area contributed by atoms with Crippen LogP contribution in [0, 0.1) is 5.92 Å². The standard InChI is InChI=1S/C17H22N2/c1-13(14-7-3-2-4-8-14)19-17-11-5-10-16-15(17)9-6-12-18-16/h5-6,9-14,19H,2-4,7-8H2,1H3. The van der Waals surface area contributed by atoms with E-state index in [1.165, 1.54) is 43.2 Å². The zero-order valence-electron chi connectivity index (χ0n) is 11.6. The van der Waals surface area contributed by atoms with Crippen LogP contribution in [0.15, 0.2) is 36.5 Å². The van der Waals surface area contributed by atoms with E-state index in [0.717, 1.165) is 11.4 Å². The first-order valence-electron chi connectivity index (χ1n) is 7.45. The van der Waals surface area contributed by atoms with Gasteiger partial charge in [0.1, 0.15) is 0 Å². The Labute approximate surface area is 115 Å². The van der Waals surface area contributed by atoms with Crippen LogP contribution in [0.5, 0.6) is 0 Å². The van der Waals surface area contributed by atoms with Gasteiger partial charge in [-0.1, -0.05) is 25.3 Å². The van der Waals surface area contributed by atoms with Gasteiger partial charge in [0.25, 0.3) is 0 Å². The first kappa shape index (κ1) is 12.5. The summed E-state index contributed by atoms with van der Waals surface area (Å²) in [6.07, 6.45) is 8.81. The fourth-order valence-corrected chi connectivity index (χ4v) is 3.23. The molecule has 0 spiro atoms. The van der Waals surface area contributed by atoms with Gasteiger partial charge in [-0.15, -0.1) is 0 Å². The number of rotatable bonds is 3. The highest BCUT2D eigenvalue weighted by atomic mass is 14.9. The average Bonchev–Trinajstić information content (AvgIpc) is 2.48. The molecule has 1 aromatic heterocycles. The van der Waals surface area contributed by atoms with Crippen molar-refractivity contribution in [2.45, 2.75) is 45.1 Å². The third-order valence-corrected chi connectivity index (χ3v) is 4.39. The summed E-state index contributed by atoms with van der Waals surface area (Å²) in [6.45, 7) is 2.32. The Morgan fingerprint density at radius 3 is 2.79 bits per heavy atom. The highest BCUT2D eigenvalue weighted by Crippen LogP contribution is 2.29. The minimum absolute atomic E-state index is 0.547. The fraction of sp³-hybridized carbons (Fsp3) is 0.471. The van der Waals surface area contributed by atoms with Crippen LogP contribution >= 0.6 is 0 Å². The SMILES string of the molecule is CC(Nc1cccc2ncccc12)C1CCCCC1. The van der Waals surface area contributed by atoms with Gasteiger partial charge in [0.15, 0.2) is 0 Å². The maximum atomic E-state index is 4.42. The minimum Gasteiger partial charge on any atom is -0.382 e. The lowest BCUT2D eigenvalue weighted by Crippen LogP contribution is -2.27. The number of fused-ring (bicyclic) bond motifs is 1. The Balaban J connectivity index is 1.80. The summed E-state index contributed by atoms with van der Waals surface area (Å²) < 4.78 is 0. The summed E-state index contributed by atoms with van der Waals surface area (Å²) in [5.41, 5.74) is 2.30. The molecule has 2 aromatic rings. The van der Waals surface area contributed by atoms with Crippen LogP contribution in [-0.2, 0) is 0 Å². The summed E-state index contributed by atoms with van der Waals surface area (Å²) in [5.74, 6) is 0.820. The van der Waals surface area contributed by atoms with E-state index in [-0.39, 0.29) is 0 Å². The molecule has 1 unspecified atom stereocenters. The summed E-state index contributed by atoms with van der Waals surface area (Å²) in [7, 11) is 0. The molecule has 1 N–H and O–H groups in total. The normalized spacial score (nSPS) is 18.4. The number of hydrogen-bond acceptors (Lipinski definition) is 2. The zero-order valence-corrected chi connectivity index (χ0v) is 11.6. The molecule has 19 heavy (non-hydrogen) atoms. The molecular weight excluding hydrogens is 232 g/mol. The lowest BCUT2D eigenvalue weighted by Gasteiger charge is -2.29. The van der Waals surface area contributed by atoms with Crippen LogP contribution in [-0.4, -0.2) is 11.0 Å². The smallest absolute Gasteiger partial charge is 0.0722 e. The number of aromatic nitrogens is 1. The van der Waals surface area contributed by atoms with Gasteiger partial charge in [-0.2, -0.15) is 0 Å². The molecule has 1 aromatic carbocycles. The zero-order chi connectivity index (χ0) is 13.1. The number of nitrogens with zero attached hydrogens (tertiary/aromatic N) is 1. The number of pyridine rings is 1. The quantitative estimate of drug-likeness (QED) is 0.864. The monoisotopic (exact) mass is 254 g/mol. The van der Waals surface area contributed by atoms with Gasteiger partial charge in [0, 0.05) is 23.3 Å². The fourth-order valence-electron chi connectivity index (χ4n) is 3.23. The van der Waals surface area contributed by atoms with E-state index < -0.39 is 0 Å². The molecule has 2 nitrogen and oxygen atoms in total. The predicted molar refractivity (Wildman–Crippen MR) is 81.4 cm³/mol. The van der Waals surface area contributed by atoms with Crippen molar-refractivity contribution >= 4 is 16.6 Å². The van der Waals surface area contributed by atoms with Crippen LogP contribution in [0.3, 0.4) is 0 Å².